The van der Waals surface area contributed by atoms with Crippen molar-refractivity contribution in [3.8, 4) is 16.7 Å². The summed E-state index contributed by atoms with van der Waals surface area (Å²) in [6.45, 7) is 0. The van der Waals surface area contributed by atoms with E-state index in [-0.39, 0.29) is 0 Å². The molecule has 6 nitrogen and oxygen atoms in total. The van der Waals surface area contributed by atoms with Gasteiger partial charge in [-0.25, -0.2) is 4.79 Å². The van der Waals surface area contributed by atoms with Gasteiger partial charge in [-0.1, -0.05) is 22.5 Å². The van der Waals surface area contributed by atoms with Crippen molar-refractivity contribution >= 4 is 17.3 Å². The van der Waals surface area contributed by atoms with Gasteiger partial charge in [-0.2, -0.15) is 0 Å². The van der Waals surface area contributed by atoms with Gasteiger partial charge in [0.1, 0.15) is 17.0 Å². The zero-order chi connectivity index (χ0) is 12.5. The van der Waals surface area contributed by atoms with Crippen LogP contribution in [0, 0.1) is 0 Å². The van der Waals surface area contributed by atoms with Crippen molar-refractivity contribution in [3.63, 3.8) is 0 Å². The first-order valence-electron chi connectivity index (χ1n) is 5.19. The Morgan fingerprint density at radius 2 is 2.44 bits per heavy atom. The van der Waals surface area contributed by atoms with Gasteiger partial charge in [0, 0.05) is 12.5 Å². The zero-order valence-corrected chi connectivity index (χ0v) is 9.88. The minimum atomic E-state index is -0.960. The molecule has 1 aliphatic rings. The Morgan fingerprint density at radius 1 is 1.56 bits per heavy atom. The topological polar surface area (TPSA) is 81.5 Å². The van der Waals surface area contributed by atoms with Gasteiger partial charge in [0.05, 0.1) is 0 Å². The monoisotopic (exact) mass is 264 g/mol. The molecule has 2 aromatic rings. The minimum absolute atomic E-state index is 0.379. The molecule has 0 bridgehead atoms. The van der Waals surface area contributed by atoms with Crippen LogP contribution in [0.1, 0.15) is 5.56 Å². The lowest BCUT2D eigenvalue weighted by atomic mass is 10.1. The Morgan fingerprint density at radius 3 is 3.17 bits per heavy atom. The minimum Gasteiger partial charge on any atom is -0.478 e. The standard InChI is InChI=1S/C11H8N2O4S/c14-10(15)9-3-6-1-2-7(4-8(6)17-9)16-11-13-12-5-18-11/h1-2,4-5,9H,3H2,(H,14,15). The molecular formula is C11H8N2O4S. The fraction of sp³-hybridized carbons (Fsp3) is 0.182. The molecule has 7 heteroatoms. The molecule has 1 unspecified atom stereocenters. The van der Waals surface area contributed by atoms with Gasteiger partial charge in [-0.15, -0.1) is 5.10 Å². The quantitative estimate of drug-likeness (QED) is 0.909. The maximum Gasteiger partial charge on any atom is 0.345 e. The van der Waals surface area contributed by atoms with Crippen molar-refractivity contribution in [2.24, 2.45) is 0 Å². The Kier molecular flexibility index (Phi) is 2.60. The van der Waals surface area contributed by atoms with Crippen LogP contribution < -0.4 is 9.47 Å². The van der Waals surface area contributed by atoms with Crippen molar-refractivity contribution in [2.75, 3.05) is 0 Å². The van der Waals surface area contributed by atoms with E-state index in [1.54, 1.807) is 23.7 Å². The lowest BCUT2D eigenvalue weighted by molar-refractivity contribution is -0.144. The van der Waals surface area contributed by atoms with Crippen LogP contribution in [0.5, 0.6) is 16.7 Å². The van der Waals surface area contributed by atoms with Crippen LogP contribution in [0.4, 0.5) is 0 Å². The van der Waals surface area contributed by atoms with Gasteiger partial charge >= 0.3 is 5.97 Å². The molecule has 0 saturated heterocycles. The van der Waals surface area contributed by atoms with Crippen molar-refractivity contribution < 1.29 is 19.4 Å². The molecule has 0 saturated carbocycles. The summed E-state index contributed by atoms with van der Waals surface area (Å²) >= 11 is 1.28. The molecule has 0 amide bonds. The summed E-state index contributed by atoms with van der Waals surface area (Å²) in [6.07, 6.45) is -0.430. The SMILES string of the molecule is O=C(O)C1Cc2ccc(Oc3nncs3)cc2O1. The van der Waals surface area contributed by atoms with Crippen LogP contribution in [-0.2, 0) is 11.2 Å². The van der Waals surface area contributed by atoms with Crippen molar-refractivity contribution in [2.45, 2.75) is 12.5 Å². The van der Waals surface area contributed by atoms with Crippen LogP contribution in [0.25, 0.3) is 0 Å². The number of carbonyl (C=O) groups is 1. The smallest absolute Gasteiger partial charge is 0.345 e. The van der Waals surface area contributed by atoms with Gasteiger partial charge in [-0.05, 0) is 11.6 Å². The summed E-state index contributed by atoms with van der Waals surface area (Å²) in [4.78, 5) is 10.8. The highest BCUT2D eigenvalue weighted by Gasteiger charge is 2.29. The van der Waals surface area contributed by atoms with Crippen LogP contribution in [0.3, 0.4) is 0 Å². The van der Waals surface area contributed by atoms with Crippen LogP contribution >= 0.6 is 11.3 Å². The van der Waals surface area contributed by atoms with Crippen molar-refractivity contribution in [1.82, 2.24) is 10.2 Å². The Labute approximate surface area is 106 Å². The molecule has 1 atom stereocenters. The third kappa shape index (κ3) is 2.00. The number of carboxylic acids is 1. The lowest BCUT2D eigenvalue weighted by Gasteiger charge is -2.05. The first-order chi connectivity index (χ1) is 8.72. The number of nitrogens with zero attached hydrogens (tertiary/aromatic N) is 2. The predicted octanol–water partition coefficient (Wildman–Crippen LogP) is 1.72. The largest absolute Gasteiger partial charge is 0.478 e. The summed E-state index contributed by atoms with van der Waals surface area (Å²) in [5.74, 6) is 0.138. The van der Waals surface area contributed by atoms with E-state index in [2.05, 4.69) is 10.2 Å². The van der Waals surface area contributed by atoms with Crippen molar-refractivity contribution in [1.29, 1.82) is 0 Å². The average Bonchev–Trinajstić information content (AvgIpc) is 2.96. The number of rotatable bonds is 3. The average molecular weight is 264 g/mol. The highest BCUT2D eigenvalue weighted by Crippen LogP contribution is 2.34. The fourth-order valence-corrected chi connectivity index (χ4v) is 2.14. The first-order valence-corrected chi connectivity index (χ1v) is 6.07. The van der Waals surface area contributed by atoms with Gasteiger partial charge < -0.3 is 14.6 Å². The first kappa shape index (κ1) is 11.0. The van der Waals surface area contributed by atoms with E-state index in [0.29, 0.717) is 23.1 Å². The zero-order valence-electron chi connectivity index (χ0n) is 9.07. The Bertz CT molecular complexity index is 585. The third-order valence-corrected chi connectivity index (χ3v) is 3.10. The summed E-state index contributed by atoms with van der Waals surface area (Å²) in [7, 11) is 0. The Hall–Kier alpha value is -2.15. The van der Waals surface area contributed by atoms with Gasteiger partial charge in [0.15, 0.2) is 6.10 Å². The number of hydrogen-bond donors (Lipinski definition) is 1. The van der Waals surface area contributed by atoms with Crippen LogP contribution in [-0.4, -0.2) is 27.4 Å². The van der Waals surface area contributed by atoms with E-state index in [1.807, 2.05) is 0 Å². The van der Waals surface area contributed by atoms with Crippen LogP contribution in [0.15, 0.2) is 23.7 Å². The van der Waals surface area contributed by atoms with E-state index < -0.39 is 12.1 Å². The summed E-state index contributed by atoms with van der Waals surface area (Å²) < 4.78 is 10.8. The maximum atomic E-state index is 10.8. The Balaban J connectivity index is 1.81. The molecule has 0 spiro atoms. The number of aromatic nitrogens is 2. The molecule has 92 valence electrons. The molecule has 3 rings (SSSR count). The fourth-order valence-electron chi connectivity index (χ4n) is 1.72. The molecule has 1 aromatic carbocycles. The van der Waals surface area contributed by atoms with Crippen LogP contribution in [0.2, 0.25) is 0 Å². The van der Waals surface area contributed by atoms with E-state index in [1.165, 1.54) is 11.3 Å². The number of benzene rings is 1. The van der Waals surface area contributed by atoms with Gasteiger partial charge in [0.2, 0.25) is 0 Å². The molecular weight excluding hydrogens is 256 g/mol. The molecule has 0 fully saturated rings. The van der Waals surface area contributed by atoms with E-state index in [9.17, 15) is 4.79 Å². The predicted molar refractivity (Wildman–Crippen MR) is 62.2 cm³/mol. The highest BCUT2D eigenvalue weighted by atomic mass is 32.1. The van der Waals surface area contributed by atoms with Gasteiger partial charge in [-0.3, -0.25) is 0 Å². The maximum absolute atomic E-state index is 10.8. The molecule has 2 heterocycles. The number of carboxylic acid groups (broad SMARTS) is 1. The summed E-state index contributed by atoms with van der Waals surface area (Å²) in [5, 5.41) is 16.7. The molecule has 0 radical (unpaired) electrons. The van der Waals surface area contributed by atoms with Crippen molar-refractivity contribution in [3.05, 3.63) is 29.3 Å². The number of hydrogen-bond acceptors (Lipinski definition) is 6. The van der Waals surface area contributed by atoms with Gasteiger partial charge in [0.25, 0.3) is 5.19 Å². The second-order valence-electron chi connectivity index (χ2n) is 3.73. The number of ether oxygens (including phenoxy) is 2. The lowest BCUT2D eigenvalue weighted by Crippen LogP contribution is -2.24. The molecule has 0 aliphatic carbocycles. The van der Waals surface area contributed by atoms with E-state index in [0.717, 1.165) is 5.56 Å². The molecule has 18 heavy (non-hydrogen) atoms. The molecule has 1 aliphatic heterocycles. The number of fused-ring (bicyclic) bond motifs is 1. The molecule has 1 N–H and O–H groups in total. The second kappa shape index (κ2) is 4.26. The molecule has 1 aromatic heterocycles. The summed E-state index contributed by atoms with van der Waals surface area (Å²) in [5.41, 5.74) is 2.44. The normalized spacial score (nSPS) is 17.0. The third-order valence-electron chi connectivity index (χ3n) is 2.53. The summed E-state index contributed by atoms with van der Waals surface area (Å²) in [6, 6.07) is 5.22. The number of aliphatic carboxylic acids is 1. The van der Waals surface area contributed by atoms with E-state index in [4.69, 9.17) is 14.6 Å². The highest BCUT2D eigenvalue weighted by molar-refractivity contribution is 7.11. The second-order valence-corrected chi connectivity index (χ2v) is 4.52. The van der Waals surface area contributed by atoms with E-state index >= 15 is 0 Å².